The van der Waals surface area contributed by atoms with Gasteiger partial charge in [-0.05, 0) is 13.1 Å². The number of unbranched alkanes of at least 4 members (excludes halogenated alkanes) is 4. The molecule has 0 aliphatic heterocycles. The summed E-state index contributed by atoms with van der Waals surface area (Å²) < 4.78 is 0. The predicted octanol–water partition coefficient (Wildman–Crippen LogP) is 14.8. The van der Waals surface area contributed by atoms with Gasteiger partial charge in [0.05, 0.1) is 0 Å². The van der Waals surface area contributed by atoms with Crippen molar-refractivity contribution in [1.82, 2.24) is 0 Å². The first-order chi connectivity index (χ1) is 16.5. The monoisotopic (exact) mass is 886 g/mol. The van der Waals surface area contributed by atoms with Gasteiger partial charge in [-0.3, -0.25) is 0 Å². The van der Waals surface area contributed by atoms with Gasteiger partial charge in [0.1, 0.15) is 0 Å². The Kier molecular flexibility index (Phi) is 39.2. The van der Waals surface area contributed by atoms with E-state index < -0.39 is 32.1 Å². The summed E-state index contributed by atoms with van der Waals surface area (Å²) in [6, 6.07) is -2.58. The largest absolute Gasteiger partial charge is 0.341 e. The molecule has 0 amide bonds. The Labute approximate surface area is 302 Å². The van der Waals surface area contributed by atoms with Crippen molar-refractivity contribution in [2.24, 2.45) is 0 Å². The normalized spacial score (nSPS) is 13.0. The molecular weight excluding hydrogens is 844 g/mol. The topological polar surface area (TPSA) is 0 Å². The molecule has 0 aromatic heterocycles. The number of alkyl halides is 1. The summed E-state index contributed by atoms with van der Waals surface area (Å²) in [7, 11) is 0. The van der Waals surface area contributed by atoms with Crippen LogP contribution in [0, 0.1) is 0 Å². The van der Waals surface area contributed by atoms with Crippen LogP contribution in [-0.4, -0.2) is 56.3 Å². The zero-order valence-electron chi connectivity index (χ0n) is 23.4. The van der Waals surface area contributed by atoms with Crippen LogP contribution in [0.15, 0.2) is 0 Å². The molecule has 38 heavy (non-hydrogen) atoms. The van der Waals surface area contributed by atoms with E-state index in [-0.39, 0.29) is 12.4 Å². The van der Waals surface area contributed by atoms with Crippen molar-refractivity contribution in [3.63, 3.8) is 0 Å². The fourth-order valence-electron chi connectivity index (χ4n) is 3.24. The molecule has 0 rings (SSSR count). The molecule has 0 saturated heterocycles. The third kappa shape index (κ3) is 45.5. The Hall–Kier alpha value is 5.07. The molecule has 0 spiro atoms. The van der Waals surface area contributed by atoms with E-state index in [2.05, 4.69) is 27.7 Å². The van der Waals surface area contributed by atoms with Gasteiger partial charge in [0, 0.05) is 11.2 Å². The Morgan fingerprint density at radius 1 is 0.579 bits per heavy atom. The minimum Gasteiger partial charge on any atom is -0.147 e. The standard InChI is InChI=1S/C16H36ClP.C2H5Cl5Si2.C2H5Cl3Si.Cl3HSi.ClH/c1-5-9-13-18(17,14-10-6-2,15-11-7-3)16-12-8-4;1-8(3,4)2-9(5,6)7;1-6(4,5)2-3;1-4(2)3;/h5-16H2,1-4H3;2H2,1H3;2H2,1H3;4H;1H. The maximum atomic E-state index is 7.44. The Bertz CT molecular complexity index is 458. The molecule has 0 nitrogen and oxygen atoms in total. The van der Waals surface area contributed by atoms with Crippen molar-refractivity contribution < 1.29 is 0 Å². The number of rotatable bonds is 15. The molecule has 0 unspecified atom stereocenters. The summed E-state index contributed by atoms with van der Waals surface area (Å²) in [5.74, 6) is -1.89. The third-order valence-electron chi connectivity index (χ3n) is 5.03. The molecule has 0 aliphatic carbocycles. The van der Waals surface area contributed by atoms with Gasteiger partial charge in [0.2, 0.25) is 6.69 Å². The van der Waals surface area contributed by atoms with Crippen LogP contribution in [0.5, 0.6) is 0 Å². The van der Waals surface area contributed by atoms with Gasteiger partial charge >= 0.3 is 134 Å². The first-order valence-electron chi connectivity index (χ1n) is 12.6. The minimum absolute atomic E-state index is 0. The van der Waals surface area contributed by atoms with E-state index in [4.69, 9.17) is 134 Å². The van der Waals surface area contributed by atoms with E-state index in [9.17, 15) is 0 Å². The van der Waals surface area contributed by atoms with Gasteiger partial charge in [-0.25, -0.2) is 0 Å². The number of hydrogen-bond donors (Lipinski definition) is 0. The van der Waals surface area contributed by atoms with Crippen LogP contribution in [0.3, 0.4) is 0 Å². The summed E-state index contributed by atoms with van der Waals surface area (Å²) in [5, 5.41) is 0. The number of hydrogen-bond acceptors (Lipinski definition) is 0. The van der Waals surface area contributed by atoms with E-state index in [0.29, 0.717) is 11.2 Å². The van der Waals surface area contributed by atoms with Gasteiger partial charge in [-0.1, -0.05) is 0 Å². The molecule has 0 atom stereocenters. The summed E-state index contributed by atoms with van der Waals surface area (Å²) >= 11 is 66.6. The van der Waals surface area contributed by atoms with Crippen LogP contribution in [0.25, 0.3) is 0 Å². The first-order valence-corrected chi connectivity index (χ1v) is 36.9. The second-order valence-corrected chi connectivity index (χ2v) is 50.9. The van der Waals surface area contributed by atoms with Gasteiger partial charge in [0.15, 0.2) is 0 Å². The summed E-state index contributed by atoms with van der Waals surface area (Å²) in [6.07, 6.45) is 16.0. The van der Waals surface area contributed by atoms with E-state index in [1.807, 2.05) is 0 Å². The van der Waals surface area contributed by atoms with Crippen LogP contribution < -0.4 is 0 Å². The Morgan fingerprint density at radius 3 is 0.868 bits per heavy atom. The van der Waals surface area contributed by atoms with Crippen LogP contribution in [0.4, 0.5) is 0 Å². The Morgan fingerprint density at radius 2 is 0.789 bits per heavy atom. The maximum absolute atomic E-state index is 7.44. The molecule has 0 N–H and O–H groups in total. The van der Waals surface area contributed by atoms with Gasteiger partial charge < -0.3 is 0 Å². The van der Waals surface area contributed by atoms with E-state index in [0.717, 1.165) is 0 Å². The molecule has 0 aromatic carbocycles. The van der Waals surface area contributed by atoms with E-state index >= 15 is 0 Å². The predicted molar refractivity (Wildman–Crippen MR) is 209 cm³/mol. The summed E-state index contributed by atoms with van der Waals surface area (Å²) in [5.41, 5.74) is 0.809. The SMILES string of the molecule is CCCCP(Cl)(CCCC)(CCCC)CCCC.C[Si](Cl)(Cl)CCl.C[Si](Cl)(Cl)C[Si](Cl)(Cl)Cl.Cl.Cl[SiH](Cl)Cl. The van der Waals surface area contributed by atoms with Crippen molar-refractivity contribution >= 4 is 178 Å². The molecule has 240 valence electrons. The quantitative estimate of drug-likeness (QED) is 0.0665. The summed E-state index contributed by atoms with van der Waals surface area (Å²) in [4.78, 5) is 0. The van der Waals surface area contributed by atoms with Crippen molar-refractivity contribution in [3.05, 3.63) is 0 Å². The van der Waals surface area contributed by atoms with Crippen molar-refractivity contribution in [1.29, 1.82) is 0 Å². The molecule has 0 radical (unpaired) electrons. The number of halogens is 13. The second-order valence-electron chi connectivity index (χ2n) is 9.44. The molecule has 0 saturated carbocycles. The van der Waals surface area contributed by atoms with E-state index in [1.54, 1.807) is 13.1 Å². The van der Waals surface area contributed by atoms with E-state index in [1.165, 1.54) is 76.0 Å². The third-order valence-corrected chi connectivity index (χ3v) is 26.6. The second kappa shape index (κ2) is 28.3. The molecular formula is C20H48Cl13PSi4. The van der Waals surface area contributed by atoms with Crippen LogP contribution in [0.1, 0.15) is 79.1 Å². The van der Waals surface area contributed by atoms with Crippen LogP contribution in [0.2, 0.25) is 18.8 Å². The van der Waals surface area contributed by atoms with Crippen LogP contribution in [-0.2, 0) is 0 Å². The molecule has 0 aliphatic rings. The first kappa shape index (κ1) is 52.6. The van der Waals surface area contributed by atoms with Gasteiger partial charge in [0.25, 0.3) is 6.69 Å². The Balaban J connectivity index is -0.000000151. The average Bonchev–Trinajstić information content (AvgIpc) is 2.72. The van der Waals surface area contributed by atoms with Gasteiger partial charge in [-0.15, -0.1) is 135 Å². The van der Waals surface area contributed by atoms with Gasteiger partial charge in [-0.2, -0.15) is 0 Å². The molecule has 0 heterocycles. The molecule has 0 bridgehead atoms. The smallest absolute Gasteiger partial charge is 0.147 e. The molecule has 0 fully saturated rings. The molecule has 18 heteroatoms. The fraction of sp³-hybridized carbons (Fsp3) is 1.00. The molecule has 0 aromatic rings. The zero-order valence-corrected chi connectivity index (χ0v) is 38.3. The van der Waals surface area contributed by atoms with Crippen molar-refractivity contribution in [2.75, 3.05) is 30.2 Å². The van der Waals surface area contributed by atoms with Crippen molar-refractivity contribution in [3.8, 4) is 0 Å². The zero-order chi connectivity index (χ0) is 30.4. The summed E-state index contributed by atoms with van der Waals surface area (Å²) in [6.45, 7) is 6.91. The maximum Gasteiger partial charge on any atom is 0.341 e. The average molecular weight is 893 g/mol. The van der Waals surface area contributed by atoms with Crippen molar-refractivity contribution in [2.45, 2.75) is 97.8 Å². The fourth-order valence-corrected chi connectivity index (χ4v) is 27.8. The van der Waals surface area contributed by atoms with Crippen LogP contribution >= 0.6 is 152 Å². The minimum atomic E-state index is -2.58.